The number of unbranched alkanes of at least 4 members (excludes halogenated alkanes) is 2. The van der Waals surface area contributed by atoms with Crippen molar-refractivity contribution in [3.05, 3.63) is 19.2 Å². The molecular weight excluding hydrogens is 174 g/mol. The molecule has 1 amide bonds. The predicted molar refractivity (Wildman–Crippen MR) is 60.6 cm³/mol. The lowest BCUT2D eigenvalue weighted by atomic mass is 10.1. The zero-order valence-electron chi connectivity index (χ0n) is 9.38. The molecule has 0 bridgehead atoms. The minimum Gasteiger partial charge on any atom is -0.354 e. The Balaban J connectivity index is 3.29. The van der Waals surface area contributed by atoms with Crippen LogP contribution >= 0.6 is 0 Å². The highest BCUT2D eigenvalue weighted by Crippen LogP contribution is 2.05. The number of carbonyl (C=O) groups excluding carboxylic acids is 1. The van der Waals surface area contributed by atoms with Gasteiger partial charge in [0.2, 0.25) is 5.91 Å². The van der Waals surface area contributed by atoms with E-state index in [1.54, 1.807) is 0 Å². The third kappa shape index (κ3) is 7.84. The molecule has 1 radical (unpaired) electrons. The summed E-state index contributed by atoms with van der Waals surface area (Å²) in [5, 5.41) is 2.38. The zero-order chi connectivity index (χ0) is 10.8. The van der Waals surface area contributed by atoms with Crippen LogP contribution < -0.4 is 5.32 Å². The molecule has 81 valence electrons. The lowest BCUT2D eigenvalue weighted by Gasteiger charge is -2.00. The maximum absolute atomic E-state index is 10.8. The average Bonchev–Trinajstić information content (AvgIpc) is 2.22. The van der Waals surface area contributed by atoms with Crippen LogP contribution in [0.4, 0.5) is 0 Å². The highest BCUT2D eigenvalue weighted by atomic mass is 16.1. The van der Waals surface area contributed by atoms with Gasteiger partial charge in [0.15, 0.2) is 0 Å². The second-order valence-electron chi connectivity index (χ2n) is 3.66. The van der Waals surface area contributed by atoms with Crippen molar-refractivity contribution in [1.82, 2.24) is 5.32 Å². The number of hydrogen-bond acceptors (Lipinski definition) is 1. The minimum absolute atomic E-state index is 0.0379. The average molecular weight is 196 g/mol. The van der Waals surface area contributed by atoms with E-state index in [0.29, 0.717) is 12.3 Å². The summed E-state index contributed by atoms with van der Waals surface area (Å²) in [7, 11) is 3.32. The lowest BCUT2D eigenvalue weighted by Crippen LogP contribution is -2.14. The molecule has 2 nitrogen and oxygen atoms in total. The molecule has 0 spiro atoms. The van der Waals surface area contributed by atoms with E-state index in [1.807, 2.05) is 0 Å². The molecule has 0 saturated heterocycles. The van der Waals surface area contributed by atoms with Crippen molar-refractivity contribution in [1.29, 1.82) is 0 Å². The first kappa shape index (κ1) is 13.2. The molecule has 0 aromatic carbocycles. The Morgan fingerprint density at radius 1 is 1.50 bits per heavy atom. The molecule has 1 unspecified atom stereocenters. The van der Waals surface area contributed by atoms with E-state index >= 15 is 0 Å². The fourth-order valence-electron chi connectivity index (χ4n) is 1.10. The minimum atomic E-state index is 0.0379. The van der Waals surface area contributed by atoms with Gasteiger partial charge in [-0.05, 0) is 25.2 Å². The van der Waals surface area contributed by atoms with E-state index in [2.05, 4.69) is 38.4 Å². The van der Waals surface area contributed by atoms with Gasteiger partial charge in [0.25, 0.3) is 0 Å². The van der Waals surface area contributed by atoms with Gasteiger partial charge >= 0.3 is 0 Å². The third-order valence-electron chi connectivity index (χ3n) is 2.33. The second kappa shape index (κ2) is 8.79. The van der Waals surface area contributed by atoms with Crippen LogP contribution in [0.25, 0.3) is 0 Å². The SMILES string of the molecule is [CH2]NC(=O)CCCCC=CC(C)CC. The summed E-state index contributed by atoms with van der Waals surface area (Å²) in [4.78, 5) is 10.8. The van der Waals surface area contributed by atoms with E-state index < -0.39 is 0 Å². The van der Waals surface area contributed by atoms with Crippen molar-refractivity contribution in [3.63, 3.8) is 0 Å². The van der Waals surface area contributed by atoms with Crippen LogP contribution in [-0.2, 0) is 4.79 Å². The van der Waals surface area contributed by atoms with Crippen molar-refractivity contribution in [3.8, 4) is 0 Å². The summed E-state index contributed by atoms with van der Waals surface area (Å²) < 4.78 is 0. The van der Waals surface area contributed by atoms with Gasteiger partial charge in [-0.15, -0.1) is 0 Å². The van der Waals surface area contributed by atoms with Crippen LogP contribution in [0.2, 0.25) is 0 Å². The van der Waals surface area contributed by atoms with E-state index in [9.17, 15) is 4.79 Å². The van der Waals surface area contributed by atoms with Crippen molar-refractivity contribution < 1.29 is 4.79 Å². The van der Waals surface area contributed by atoms with Gasteiger partial charge in [0.05, 0.1) is 0 Å². The predicted octanol–water partition coefficient (Wildman–Crippen LogP) is 3.06. The second-order valence-corrected chi connectivity index (χ2v) is 3.66. The Labute approximate surface area is 87.8 Å². The number of hydrogen-bond donors (Lipinski definition) is 1. The van der Waals surface area contributed by atoms with Crippen LogP contribution in [-0.4, -0.2) is 5.91 Å². The standard InChI is InChI=1S/C12H22NO/c1-4-11(2)9-7-5-6-8-10-12(14)13-3/h7,9,11H,3-6,8,10H2,1-2H3,(H,13,14). The van der Waals surface area contributed by atoms with Crippen molar-refractivity contribution in [2.45, 2.75) is 46.0 Å². The summed E-state index contributed by atoms with van der Waals surface area (Å²) >= 11 is 0. The fraction of sp³-hybridized carbons (Fsp3) is 0.667. The first-order chi connectivity index (χ1) is 6.70. The third-order valence-corrected chi connectivity index (χ3v) is 2.33. The van der Waals surface area contributed by atoms with Gasteiger partial charge in [-0.2, -0.15) is 0 Å². The van der Waals surface area contributed by atoms with Crippen LogP contribution in [0.1, 0.15) is 46.0 Å². The molecule has 14 heavy (non-hydrogen) atoms. The van der Waals surface area contributed by atoms with E-state index in [4.69, 9.17) is 0 Å². The maximum atomic E-state index is 10.8. The van der Waals surface area contributed by atoms with Crippen LogP contribution in [0, 0.1) is 13.0 Å². The molecule has 1 N–H and O–H groups in total. The van der Waals surface area contributed by atoms with Gasteiger partial charge in [-0.25, -0.2) is 0 Å². The van der Waals surface area contributed by atoms with E-state index in [0.717, 1.165) is 19.3 Å². The smallest absolute Gasteiger partial charge is 0.220 e. The first-order valence-corrected chi connectivity index (χ1v) is 5.43. The van der Waals surface area contributed by atoms with Crippen LogP contribution in [0.3, 0.4) is 0 Å². The molecule has 0 rings (SSSR count). The molecule has 0 fully saturated rings. The van der Waals surface area contributed by atoms with Crippen molar-refractivity contribution in [2.75, 3.05) is 0 Å². The molecule has 0 aliphatic carbocycles. The largest absolute Gasteiger partial charge is 0.354 e. The Kier molecular flexibility index (Phi) is 8.30. The van der Waals surface area contributed by atoms with Gasteiger partial charge in [-0.1, -0.05) is 32.4 Å². The summed E-state index contributed by atoms with van der Waals surface area (Å²) in [5.74, 6) is 0.717. The Morgan fingerprint density at radius 2 is 2.21 bits per heavy atom. The highest BCUT2D eigenvalue weighted by Gasteiger charge is 1.96. The van der Waals surface area contributed by atoms with Crippen molar-refractivity contribution >= 4 is 5.91 Å². The number of rotatable bonds is 7. The molecule has 2 heteroatoms. The van der Waals surface area contributed by atoms with Gasteiger partial charge in [0, 0.05) is 13.5 Å². The van der Waals surface area contributed by atoms with Crippen LogP contribution in [0.15, 0.2) is 12.2 Å². The summed E-state index contributed by atoms with van der Waals surface area (Å²) in [6.07, 6.45) is 9.38. The summed E-state index contributed by atoms with van der Waals surface area (Å²) in [5.41, 5.74) is 0. The lowest BCUT2D eigenvalue weighted by molar-refractivity contribution is -0.120. The molecule has 0 aromatic heterocycles. The number of nitrogens with one attached hydrogen (secondary N) is 1. The Bertz CT molecular complexity index is 175. The van der Waals surface area contributed by atoms with Crippen molar-refractivity contribution in [2.24, 2.45) is 5.92 Å². The summed E-state index contributed by atoms with van der Waals surface area (Å²) in [6.45, 7) is 4.40. The monoisotopic (exact) mass is 196 g/mol. The zero-order valence-corrected chi connectivity index (χ0v) is 9.38. The molecule has 0 aromatic rings. The molecular formula is C12H22NO. The topological polar surface area (TPSA) is 29.1 Å². The number of carbonyl (C=O) groups is 1. The highest BCUT2D eigenvalue weighted by molar-refractivity contribution is 5.75. The van der Waals surface area contributed by atoms with E-state index in [1.165, 1.54) is 6.42 Å². The number of amides is 1. The quantitative estimate of drug-likeness (QED) is 0.492. The molecule has 0 saturated carbocycles. The number of allylic oxidation sites excluding steroid dienone is 2. The van der Waals surface area contributed by atoms with Gasteiger partial charge < -0.3 is 5.32 Å². The Hall–Kier alpha value is -0.790. The first-order valence-electron chi connectivity index (χ1n) is 5.43. The maximum Gasteiger partial charge on any atom is 0.220 e. The normalized spacial score (nSPS) is 13.1. The molecule has 0 aliphatic heterocycles. The fourth-order valence-corrected chi connectivity index (χ4v) is 1.10. The van der Waals surface area contributed by atoms with Gasteiger partial charge in [-0.3, -0.25) is 4.79 Å². The summed E-state index contributed by atoms with van der Waals surface area (Å²) in [6, 6.07) is 0. The molecule has 0 aliphatic rings. The molecule has 1 atom stereocenters. The Morgan fingerprint density at radius 3 is 2.79 bits per heavy atom. The van der Waals surface area contributed by atoms with E-state index in [-0.39, 0.29) is 5.91 Å². The molecule has 0 heterocycles. The van der Waals surface area contributed by atoms with Crippen LogP contribution in [0.5, 0.6) is 0 Å². The van der Waals surface area contributed by atoms with Gasteiger partial charge in [0.1, 0.15) is 0 Å².